The summed E-state index contributed by atoms with van der Waals surface area (Å²) >= 11 is 5.59. The number of benzene rings is 1. The maximum atomic E-state index is 5.85. The number of rotatable bonds is 4. The van der Waals surface area contributed by atoms with Gasteiger partial charge in [-0.15, -0.1) is 0 Å². The zero-order valence-electron chi connectivity index (χ0n) is 13.1. The third-order valence-electron chi connectivity index (χ3n) is 4.48. The molecule has 1 aromatic heterocycles. The van der Waals surface area contributed by atoms with Crippen molar-refractivity contribution in [1.82, 2.24) is 9.55 Å². The average Bonchev–Trinajstić information content (AvgIpc) is 2.95. The van der Waals surface area contributed by atoms with Crippen LogP contribution in [0.3, 0.4) is 0 Å². The van der Waals surface area contributed by atoms with Gasteiger partial charge in [-0.05, 0) is 55.4 Å². The summed E-state index contributed by atoms with van der Waals surface area (Å²) in [5.41, 5.74) is 2.64. The van der Waals surface area contributed by atoms with E-state index >= 15 is 0 Å². The highest BCUT2D eigenvalue weighted by Gasteiger charge is 2.33. The Hall–Kier alpha value is -1.29. The summed E-state index contributed by atoms with van der Waals surface area (Å²) in [7, 11) is 0. The summed E-state index contributed by atoms with van der Waals surface area (Å²) in [6, 6.07) is 6.73. The molecule has 1 N–H and O–H groups in total. The lowest BCUT2D eigenvalue weighted by Crippen LogP contribution is -2.09. The van der Waals surface area contributed by atoms with E-state index < -0.39 is 0 Å². The number of ether oxygens (including phenoxy) is 1. The number of nitrogens with one attached hydrogen (secondary N) is 1. The topological polar surface area (TPSA) is 29.9 Å². The molecule has 0 spiro atoms. The maximum Gasteiger partial charge on any atom is 0.178 e. The predicted molar refractivity (Wildman–Crippen MR) is 89.6 cm³/mol. The van der Waals surface area contributed by atoms with Crippen molar-refractivity contribution in [1.29, 1.82) is 0 Å². The van der Waals surface area contributed by atoms with Crippen molar-refractivity contribution in [2.75, 3.05) is 6.61 Å². The first kappa shape index (κ1) is 14.6. The summed E-state index contributed by atoms with van der Waals surface area (Å²) in [4.78, 5) is 3.36. The second kappa shape index (κ2) is 5.48. The van der Waals surface area contributed by atoms with Crippen molar-refractivity contribution >= 4 is 23.3 Å². The average molecular weight is 304 g/mol. The van der Waals surface area contributed by atoms with Gasteiger partial charge in [0.1, 0.15) is 11.3 Å². The van der Waals surface area contributed by atoms with E-state index in [1.54, 1.807) is 0 Å². The third kappa shape index (κ3) is 2.73. The van der Waals surface area contributed by atoms with E-state index in [4.69, 9.17) is 17.0 Å². The van der Waals surface area contributed by atoms with Gasteiger partial charge in [0, 0.05) is 6.04 Å². The summed E-state index contributed by atoms with van der Waals surface area (Å²) in [6.45, 7) is 7.55. The highest BCUT2D eigenvalue weighted by molar-refractivity contribution is 7.71. The van der Waals surface area contributed by atoms with Gasteiger partial charge in [0.25, 0.3) is 0 Å². The van der Waals surface area contributed by atoms with Crippen LogP contribution in [-0.2, 0) is 0 Å². The van der Waals surface area contributed by atoms with Crippen LogP contribution in [0.5, 0.6) is 5.75 Å². The molecule has 2 aromatic rings. The van der Waals surface area contributed by atoms with E-state index in [0.29, 0.717) is 11.5 Å². The number of imidazole rings is 1. The van der Waals surface area contributed by atoms with Crippen LogP contribution >= 0.6 is 12.2 Å². The second-order valence-corrected chi connectivity index (χ2v) is 7.25. The molecule has 0 amide bonds. The van der Waals surface area contributed by atoms with E-state index in [2.05, 4.69) is 42.5 Å². The molecule has 1 aromatic carbocycles. The van der Waals surface area contributed by atoms with E-state index in [1.807, 2.05) is 6.07 Å². The van der Waals surface area contributed by atoms with Crippen molar-refractivity contribution in [3.63, 3.8) is 0 Å². The van der Waals surface area contributed by atoms with Gasteiger partial charge in [-0.25, -0.2) is 0 Å². The molecule has 0 bridgehead atoms. The Kier molecular flexibility index (Phi) is 3.82. The molecule has 1 saturated carbocycles. The quantitative estimate of drug-likeness (QED) is 0.783. The number of fused-ring (bicyclic) bond motifs is 1. The van der Waals surface area contributed by atoms with E-state index in [1.165, 1.54) is 24.8 Å². The van der Waals surface area contributed by atoms with Crippen LogP contribution in [0.2, 0.25) is 0 Å². The van der Waals surface area contributed by atoms with Crippen LogP contribution < -0.4 is 4.74 Å². The molecule has 4 heteroatoms. The number of H-pyrrole nitrogens is 1. The molecule has 0 radical (unpaired) electrons. The van der Waals surface area contributed by atoms with Gasteiger partial charge < -0.3 is 14.3 Å². The Labute approximate surface area is 131 Å². The third-order valence-corrected chi connectivity index (χ3v) is 4.78. The maximum absolute atomic E-state index is 5.85. The first-order valence-electron chi connectivity index (χ1n) is 7.88. The summed E-state index contributed by atoms with van der Waals surface area (Å²) in [6.07, 6.45) is 4.66. The molecule has 0 saturated heterocycles. The first-order valence-corrected chi connectivity index (χ1v) is 8.29. The second-order valence-electron chi connectivity index (χ2n) is 6.86. The Morgan fingerprint density at radius 3 is 2.90 bits per heavy atom. The lowest BCUT2D eigenvalue weighted by Gasteiger charge is -2.18. The van der Waals surface area contributed by atoms with E-state index in [-0.39, 0.29) is 0 Å². The summed E-state index contributed by atoms with van der Waals surface area (Å²) in [5.74, 6) is 0.913. The summed E-state index contributed by atoms with van der Waals surface area (Å²) in [5, 5.41) is 0. The van der Waals surface area contributed by atoms with Crippen molar-refractivity contribution in [2.24, 2.45) is 5.41 Å². The fraction of sp³-hybridized carbons (Fsp3) is 0.588. The predicted octanol–water partition coefficient (Wildman–Crippen LogP) is 5.24. The Morgan fingerprint density at radius 1 is 1.43 bits per heavy atom. The van der Waals surface area contributed by atoms with Crippen molar-refractivity contribution < 1.29 is 4.74 Å². The van der Waals surface area contributed by atoms with Crippen LogP contribution in [-0.4, -0.2) is 16.2 Å². The zero-order valence-corrected chi connectivity index (χ0v) is 13.9. The number of hydrogen-bond acceptors (Lipinski definition) is 2. The zero-order chi connectivity index (χ0) is 15.0. The largest absolute Gasteiger partial charge is 0.491 e. The Balaban J connectivity index is 2.04. The van der Waals surface area contributed by atoms with E-state index in [0.717, 1.165) is 29.1 Å². The fourth-order valence-electron chi connectivity index (χ4n) is 3.44. The van der Waals surface area contributed by atoms with Gasteiger partial charge in [-0.1, -0.05) is 26.8 Å². The number of nitrogens with zero attached hydrogens (tertiary/aromatic N) is 1. The highest BCUT2D eigenvalue weighted by atomic mass is 32.1. The molecular formula is C17H24N2OS. The van der Waals surface area contributed by atoms with Gasteiger partial charge in [-0.2, -0.15) is 0 Å². The van der Waals surface area contributed by atoms with Gasteiger partial charge in [0.05, 0.1) is 12.1 Å². The van der Waals surface area contributed by atoms with Crippen molar-refractivity contribution in [2.45, 2.75) is 52.5 Å². The molecule has 1 aliphatic carbocycles. The van der Waals surface area contributed by atoms with Crippen molar-refractivity contribution in [3.8, 4) is 5.75 Å². The molecule has 21 heavy (non-hydrogen) atoms. The minimum atomic E-state index is 0.416. The van der Waals surface area contributed by atoms with Crippen LogP contribution in [0, 0.1) is 10.2 Å². The standard InChI is InChI=1S/C17H24N2OS/c1-4-10-20-14-7-5-6-13-15(14)18-16(21)19(13)12-8-9-17(2,3)11-12/h5-7,12H,4,8-11H2,1-3H3,(H,18,21). The number of hydrogen-bond donors (Lipinski definition) is 1. The van der Waals surface area contributed by atoms with Gasteiger partial charge >= 0.3 is 0 Å². The molecular weight excluding hydrogens is 280 g/mol. The van der Waals surface area contributed by atoms with E-state index in [9.17, 15) is 0 Å². The number of para-hydroxylation sites is 1. The molecule has 0 aliphatic heterocycles. The molecule has 1 unspecified atom stereocenters. The minimum absolute atomic E-state index is 0.416. The monoisotopic (exact) mass is 304 g/mol. The Morgan fingerprint density at radius 2 is 2.24 bits per heavy atom. The fourth-order valence-corrected chi connectivity index (χ4v) is 3.79. The lowest BCUT2D eigenvalue weighted by molar-refractivity contribution is 0.320. The molecule has 3 nitrogen and oxygen atoms in total. The minimum Gasteiger partial charge on any atom is -0.491 e. The van der Waals surface area contributed by atoms with Crippen LogP contribution in [0.1, 0.15) is 52.5 Å². The van der Waals surface area contributed by atoms with Gasteiger partial charge in [-0.3, -0.25) is 0 Å². The van der Waals surface area contributed by atoms with Crippen molar-refractivity contribution in [3.05, 3.63) is 23.0 Å². The highest BCUT2D eigenvalue weighted by Crippen LogP contribution is 2.44. The van der Waals surface area contributed by atoms with Crippen LogP contribution in [0.4, 0.5) is 0 Å². The van der Waals surface area contributed by atoms with Gasteiger partial charge in [0.2, 0.25) is 0 Å². The first-order chi connectivity index (χ1) is 10.0. The Bertz CT molecular complexity index is 698. The molecule has 114 valence electrons. The normalized spacial score (nSPS) is 21.0. The molecule has 3 rings (SSSR count). The van der Waals surface area contributed by atoms with Crippen LogP contribution in [0.25, 0.3) is 11.0 Å². The molecule has 1 fully saturated rings. The van der Waals surface area contributed by atoms with Crippen LogP contribution in [0.15, 0.2) is 18.2 Å². The smallest absolute Gasteiger partial charge is 0.178 e. The summed E-state index contributed by atoms with van der Waals surface area (Å²) < 4.78 is 8.97. The number of aromatic amines is 1. The molecule has 1 atom stereocenters. The lowest BCUT2D eigenvalue weighted by atomic mass is 9.92. The molecule has 1 aliphatic rings. The molecule has 1 heterocycles. The number of aromatic nitrogens is 2. The SMILES string of the molecule is CCCOc1cccc2c1[nH]c(=S)n2C1CCC(C)(C)C1. The van der Waals surface area contributed by atoms with Gasteiger partial charge in [0.15, 0.2) is 4.77 Å².